The van der Waals surface area contributed by atoms with E-state index < -0.39 is 0 Å². The van der Waals surface area contributed by atoms with E-state index >= 15 is 0 Å². The molecule has 0 bridgehead atoms. The molecule has 1 amide bonds. The maximum atomic E-state index is 13.9. The van der Waals surface area contributed by atoms with E-state index in [1.54, 1.807) is 39.8 Å². The molecule has 0 spiro atoms. The number of imidazole rings is 1. The number of ether oxygens (including phenoxy) is 2. The van der Waals surface area contributed by atoms with Crippen molar-refractivity contribution in [3.05, 3.63) is 83.6 Å². The van der Waals surface area contributed by atoms with Crippen LogP contribution in [0.15, 0.2) is 77.9 Å². The van der Waals surface area contributed by atoms with Crippen LogP contribution in [-0.4, -0.2) is 80.7 Å². The van der Waals surface area contributed by atoms with E-state index in [2.05, 4.69) is 14.9 Å². The zero-order valence-electron chi connectivity index (χ0n) is 22.1. The number of likely N-dealkylation sites (tertiary alicyclic amines) is 1. The lowest BCUT2D eigenvalue weighted by molar-refractivity contribution is -0.125. The topological polar surface area (TPSA) is 121 Å². The third-order valence-corrected chi connectivity index (χ3v) is 7.32. The van der Waals surface area contributed by atoms with Gasteiger partial charge in [-0.2, -0.15) is 0 Å². The molecule has 0 unspecified atom stereocenters. The number of carbonyl (C=O) groups excluding carboxylic acids is 1. The highest BCUT2D eigenvalue weighted by molar-refractivity contribution is 5.88. The Hall–Kier alpha value is -4.48. The first-order valence-electron chi connectivity index (χ1n) is 13.4. The molecule has 2 fully saturated rings. The largest absolute Gasteiger partial charge is 0.457 e. The molecule has 0 aliphatic carbocycles. The standard InChI is InChI=1S/C29H31N7O4/c30-27-26-28(32-20-31-27)36(22-12-14-34(19-22)25(37)7-4-13-33-15-17-39-18-16-33)29(38)35(26)21-8-10-24(11-9-21)40-23-5-2-1-3-6-23/h1-11,20,22H,12-19H2,(H2,30,31,32)/b7-4+/t22-/m1/s1. The molecule has 2 aliphatic rings. The van der Waals surface area contributed by atoms with Crippen LogP contribution in [-0.2, 0) is 9.53 Å². The zero-order chi connectivity index (χ0) is 27.5. The van der Waals surface area contributed by atoms with E-state index in [0.29, 0.717) is 48.7 Å². The average Bonchev–Trinajstić information content (AvgIpc) is 3.58. The SMILES string of the molecule is Nc1ncnc2c1n(-c1ccc(Oc3ccccc3)cc1)c(=O)n2[C@@H]1CCN(C(=O)/C=C/CN2CCOCC2)C1. The lowest BCUT2D eigenvalue weighted by Crippen LogP contribution is -2.36. The molecule has 40 heavy (non-hydrogen) atoms. The second-order valence-electron chi connectivity index (χ2n) is 9.87. The number of hydrogen-bond acceptors (Lipinski definition) is 8. The summed E-state index contributed by atoms with van der Waals surface area (Å²) in [6, 6.07) is 16.5. The summed E-state index contributed by atoms with van der Waals surface area (Å²) in [7, 11) is 0. The third kappa shape index (κ3) is 5.21. The Morgan fingerprint density at radius 1 is 1.02 bits per heavy atom. The number of hydrogen-bond donors (Lipinski definition) is 1. The Balaban J connectivity index is 1.23. The third-order valence-electron chi connectivity index (χ3n) is 7.32. The Morgan fingerprint density at radius 3 is 2.55 bits per heavy atom. The summed E-state index contributed by atoms with van der Waals surface area (Å²) in [6.07, 6.45) is 5.53. The summed E-state index contributed by atoms with van der Waals surface area (Å²) >= 11 is 0. The van der Waals surface area contributed by atoms with Crippen molar-refractivity contribution >= 4 is 22.9 Å². The van der Waals surface area contributed by atoms with Gasteiger partial charge in [0.25, 0.3) is 0 Å². The first-order valence-corrected chi connectivity index (χ1v) is 13.4. The Kier molecular flexibility index (Phi) is 7.30. The van der Waals surface area contributed by atoms with Crippen LogP contribution in [0.25, 0.3) is 16.9 Å². The Bertz CT molecular complexity index is 1570. The van der Waals surface area contributed by atoms with Gasteiger partial charge in [0, 0.05) is 38.8 Å². The van der Waals surface area contributed by atoms with Crippen LogP contribution in [0.1, 0.15) is 12.5 Å². The maximum Gasteiger partial charge on any atom is 0.335 e. The van der Waals surface area contributed by atoms with Crippen LogP contribution in [0, 0.1) is 0 Å². The smallest absolute Gasteiger partial charge is 0.335 e. The van der Waals surface area contributed by atoms with Gasteiger partial charge in [0.2, 0.25) is 5.91 Å². The minimum Gasteiger partial charge on any atom is -0.457 e. The lowest BCUT2D eigenvalue weighted by atomic mass is 10.2. The number of amides is 1. The number of nitrogens with two attached hydrogens (primary N) is 1. The summed E-state index contributed by atoms with van der Waals surface area (Å²) in [6.45, 7) is 4.85. The predicted octanol–water partition coefficient (Wildman–Crippen LogP) is 2.62. The van der Waals surface area contributed by atoms with Crippen molar-refractivity contribution in [3.63, 3.8) is 0 Å². The molecule has 2 aromatic carbocycles. The normalized spacial score (nSPS) is 18.1. The zero-order valence-corrected chi connectivity index (χ0v) is 22.1. The molecule has 0 saturated carbocycles. The van der Waals surface area contributed by atoms with Gasteiger partial charge in [0.15, 0.2) is 11.5 Å². The van der Waals surface area contributed by atoms with Crippen molar-refractivity contribution in [2.24, 2.45) is 0 Å². The summed E-state index contributed by atoms with van der Waals surface area (Å²) < 4.78 is 14.5. The molecule has 11 nitrogen and oxygen atoms in total. The van der Waals surface area contributed by atoms with E-state index in [0.717, 1.165) is 32.1 Å². The first kappa shape index (κ1) is 25.8. The number of para-hydroxylation sites is 1. The summed E-state index contributed by atoms with van der Waals surface area (Å²) in [5, 5.41) is 0. The highest BCUT2D eigenvalue weighted by atomic mass is 16.5. The van der Waals surface area contributed by atoms with Gasteiger partial charge < -0.3 is 20.1 Å². The second kappa shape index (κ2) is 11.3. The molecular weight excluding hydrogens is 510 g/mol. The number of anilines is 1. The van der Waals surface area contributed by atoms with E-state index in [1.807, 2.05) is 36.4 Å². The molecular formula is C29H31N7O4. The van der Waals surface area contributed by atoms with E-state index in [1.165, 1.54) is 10.9 Å². The fourth-order valence-electron chi connectivity index (χ4n) is 5.27. The van der Waals surface area contributed by atoms with Crippen LogP contribution in [0.5, 0.6) is 11.5 Å². The van der Waals surface area contributed by atoms with Crippen LogP contribution >= 0.6 is 0 Å². The van der Waals surface area contributed by atoms with E-state index in [-0.39, 0.29) is 23.5 Å². The van der Waals surface area contributed by atoms with Gasteiger partial charge >= 0.3 is 5.69 Å². The van der Waals surface area contributed by atoms with Gasteiger partial charge in [0.05, 0.1) is 24.9 Å². The number of carbonyl (C=O) groups is 1. The highest BCUT2D eigenvalue weighted by Crippen LogP contribution is 2.28. The monoisotopic (exact) mass is 541 g/mol. The summed E-state index contributed by atoms with van der Waals surface area (Å²) in [5.41, 5.74) is 7.50. The van der Waals surface area contributed by atoms with Gasteiger partial charge in [-0.05, 0) is 42.8 Å². The predicted molar refractivity (Wildman–Crippen MR) is 151 cm³/mol. The molecule has 206 valence electrons. The molecule has 2 N–H and O–H groups in total. The van der Waals surface area contributed by atoms with Crippen molar-refractivity contribution in [1.29, 1.82) is 0 Å². The van der Waals surface area contributed by atoms with Crippen molar-refractivity contribution in [2.45, 2.75) is 12.5 Å². The second-order valence-corrected chi connectivity index (χ2v) is 9.87. The van der Waals surface area contributed by atoms with E-state index in [9.17, 15) is 9.59 Å². The fraction of sp³-hybridized carbons (Fsp3) is 0.310. The highest BCUT2D eigenvalue weighted by Gasteiger charge is 2.31. The molecule has 4 heterocycles. The van der Waals surface area contributed by atoms with Crippen LogP contribution in [0.4, 0.5) is 5.82 Å². The van der Waals surface area contributed by atoms with Crippen LogP contribution < -0.4 is 16.2 Å². The van der Waals surface area contributed by atoms with Gasteiger partial charge in [0.1, 0.15) is 23.3 Å². The van der Waals surface area contributed by atoms with Gasteiger partial charge in [-0.25, -0.2) is 14.8 Å². The first-order chi connectivity index (χ1) is 19.6. The summed E-state index contributed by atoms with van der Waals surface area (Å²) in [4.78, 5) is 39.4. The molecule has 0 radical (unpaired) electrons. The summed E-state index contributed by atoms with van der Waals surface area (Å²) in [5.74, 6) is 1.51. The molecule has 11 heteroatoms. The number of fused-ring (bicyclic) bond motifs is 1. The number of rotatable bonds is 7. The lowest BCUT2D eigenvalue weighted by Gasteiger charge is -2.25. The molecule has 4 aromatic rings. The number of morpholine rings is 1. The van der Waals surface area contributed by atoms with Gasteiger partial charge in [-0.3, -0.25) is 18.8 Å². The Labute approximate surface area is 231 Å². The van der Waals surface area contributed by atoms with Crippen molar-refractivity contribution in [2.75, 3.05) is 51.7 Å². The van der Waals surface area contributed by atoms with Gasteiger partial charge in [-0.15, -0.1) is 0 Å². The quantitative estimate of drug-likeness (QED) is 0.355. The number of nitrogens with zero attached hydrogens (tertiary/aromatic N) is 6. The number of nitrogen functional groups attached to an aromatic ring is 1. The maximum absolute atomic E-state index is 13.9. The molecule has 2 saturated heterocycles. The molecule has 1 atom stereocenters. The van der Waals surface area contributed by atoms with Crippen LogP contribution in [0.3, 0.4) is 0 Å². The van der Waals surface area contributed by atoms with Crippen LogP contribution in [0.2, 0.25) is 0 Å². The van der Waals surface area contributed by atoms with Crippen molar-refractivity contribution in [1.82, 2.24) is 28.9 Å². The van der Waals surface area contributed by atoms with Crippen molar-refractivity contribution in [3.8, 4) is 17.2 Å². The number of benzene rings is 2. The Morgan fingerprint density at radius 2 is 1.77 bits per heavy atom. The van der Waals surface area contributed by atoms with Gasteiger partial charge in [-0.1, -0.05) is 24.3 Å². The molecule has 2 aliphatic heterocycles. The van der Waals surface area contributed by atoms with Crippen molar-refractivity contribution < 1.29 is 14.3 Å². The average molecular weight is 542 g/mol. The molecule has 6 rings (SSSR count). The fourth-order valence-corrected chi connectivity index (χ4v) is 5.27. The number of aromatic nitrogens is 4. The minimum atomic E-state index is -0.277. The van der Waals surface area contributed by atoms with E-state index in [4.69, 9.17) is 15.2 Å². The minimum absolute atomic E-state index is 0.0595. The molecule has 2 aromatic heterocycles.